The Bertz CT molecular complexity index is 356. The molecule has 0 saturated carbocycles. The number of nitrogens with two attached hydrogens (primary N) is 1. The second-order valence-corrected chi connectivity index (χ2v) is 2.45. The molecule has 0 spiro atoms. The van der Waals surface area contributed by atoms with Crippen LogP contribution in [0.3, 0.4) is 0 Å². The fourth-order valence-corrected chi connectivity index (χ4v) is 0.512. The van der Waals surface area contributed by atoms with E-state index in [4.69, 9.17) is 20.7 Å². The lowest BCUT2D eigenvalue weighted by Crippen LogP contribution is -2.21. The first-order valence-corrected chi connectivity index (χ1v) is 3.75. The van der Waals surface area contributed by atoms with E-state index in [2.05, 4.69) is 10.2 Å². The molecule has 16 heavy (non-hydrogen) atoms. The van der Waals surface area contributed by atoms with Crippen molar-refractivity contribution in [3.63, 3.8) is 0 Å². The van der Waals surface area contributed by atoms with Crippen LogP contribution in [-0.4, -0.2) is 32.6 Å². The van der Waals surface area contributed by atoms with E-state index in [1.165, 1.54) is 6.20 Å². The van der Waals surface area contributed by atoms with Gasteiger partial charge in [0.1, 0.15) is 5.82 Å². The summed E-state index contributed by atoms with van der Waals surface area (Å²) in [7, 11) is 0. The first-order chi connectivity index (χ1) is 7.27. The molecule has 0 saturated heterocycles. The van der Waals surface area contributed by atoms with Crippen molar-refractivity contribution in [2.75, 3.05) is 5.73 Å². The minimum absolute atomic E-state index is 0.0419. The molecular weight excluding hydrogens is 231 g/mol. The van der Waals surface area contributed by atoms with Crippen molar-refractivity contribution in [1.82, 2.24) is 10.2 Å². The van der Waals surface area contributed by atoms with Crippen LogP contribution in [0.2, 0.25) is 0 Å². The SMILES string of the molecule is Nc1cc(CO)cnn1.O=C(O)C(F)(F)F. The summed E-state index contributed by atoms with van der Waals surface area (Å²) in [6.07, 6.45) is -3.61. The third kappa shape index (κ3) is 5.75. The molecule has 4 N–H and O–H groups in total. The molecule has 9 heteroatoms. The topological polar surface area (TPSA) is 109 Å². The van der Waals surface area contributed by atoms with Crippen molar-refractivity contribution < 1.29 is 28.2 Å². The predicted octanol–water partition coefficient (Wildman–Crippen LogP) is 0.184. The zero-order valence-electron chi connectivity index (χ0n) is 7.77. The number of aliphatic carboxylic acids is 1. The van der Waals surface area contributed by atoms with Gasteiger partial charge in [-0.3, -0.25) is 0 Å². The molecule has 1 rings (SSSR count). The standard InChI is InChI=1S/C5H7N3O.C2HF3O2/c6-5-1-4(3-9)2-7-8-5;3-2(4,5)1(6)7/h1-2,9H,3H2,(H2,6,8);(H,6,7). The number of carboxylic acids is 1. The summed E-state index contributed by atoms with van der Waals surface area (Å²) < 4.78 is 31.7. The molecule has 0 aliphatic carbocycles. The number of hydrogen-bond acceptors (Lipinski definition) is 5. The molecule has 1 heterocycles. The number of nitrogen functional groups attached to an aromatic ring is 1. The number of carbonyl (C=O) groups is 1. The van der Waals surface area contributed by atoms with Gasteiger partial charge in [0, 0.05) is 5.56 Å². The van der Waals surface area contributed by atoms with Crippen molar-refractivity contribution in [2.24, 2.45) is 0 Å². The van der Waals surface area contributed by atoms with Gasteiger partial charge in [0.2, 0.25) is 0 Å². The summed E-state index contributed by atoms with van der Waals surface area (Å²) in [5.74, 6) is -2.42. The molecule has 0 bridgehead atoms. The first-order valence-electron chi connectivity index (χ1n) is 3.75. The molecule has 0 aromatic carbocycles. The van der Waals surface area contributed by atoms with Crippen molar-refractivity contribution in [2.45, 2.75) is 12.8 Å². The van der Waals surface area contributed by atoms with E-state index < -0.39 is 12.1 Å². The third-order valence-corrected chi connectivity index (χ3v) is 1.16. The molecule has 6 nitrogen and oxygen atoms in total. The Morgan fingerprint density at radius 3 is 2.25 bits per heavy atom. The van der Waals surface area contributed by atoms with Gasteiger partial charge in [0.25, 0.3) is 0 Å². The van der Waals surface area contributed by atoms with Crippen molar-refractivity contribution in [1.29, 1.82) is 0 Å². The second kappa shape index (κ2) is 5.85. The third-order valence-electron chi connectivity index (χ3n) is 1.16. The van der Waals surface area contributed by atoms with Gasteiger partial charge in [-0.25, -0.2) is 4.79 Å². The fraction of sp³-hybridized carbons (Fsp3) is 0.286. The summed E-state index contributed by atoms with van der Waals surface area (Å²) in [5.41, 5.74) is 5.93. The highest BCUT2D eigenvalue weighted by molar-refractivity contribution is 5.73. The smallest absolute Gasteiger partial charge is 0.475 e. The zero-order valence-corrected chi connectivity index (χ0v) is 7.77. The quantitative estimate of drug-likeness (QED) is 0.645. The van der Waals surface area contributed by atoms with E-state index in [1.54, 1.807) is 6.07 Å². The molecule has 0 aliphatic rings. The average molecular weight is 239 g/mol. The molecule has 0 unspecified atom stereocenters. The molecule has 0 fully saturated rings. The first kappa shape index (κ1) is 14.1. The second-order valence-electron chi connectivity index (χ2n) is 2.45. The minimum atomic E-state index is -5.08. The molecule has 1 aromatic rings. The van der Waals surface area contributed by atoms with Gasteiger partial charge in [-0.1, -0.05) is 0 Å². The van der Waals surface area contributed by atoms with Gasteiger partial charge in [-0.05, 0) is 6.07 Å². The number of halogens is 3. The Hall–Kier alpha value is -1.90. The van der Waals surface area contributed by atoms with Crippen LogP contribution in [0, 0.1) is 0 Å². The van der Waals surface area contributed by atoms with Gasteiger partial charge in [-0.15, -0.1) is 5.10 Å². The highest BCUT2D eigenvalue weighted by Crippen LogP contribution is 2.13. The highest BCUT2D eigenvalue weighted by atomic mass is 19.4. The van der Waals surface area contributed by atoms with Crippen molar-refractivity contribution in [3.8, 4) is 0 Å². The fourth-order valence-electron chi connectivity index (χ4n) is 0.512. The van der Waals surface area contributed by atoms with Crippen LogP contribution in [-0.2, 0) is 11.4 Å². The monoisotopic (exact) mass is 239 g/mol. The lowest BCUT2D eigenvalue weighted by molar-refractivity contribution is -0.192. The summed E-state index contributed by atoms with van der Waals surface area (Å²) in [6.45, 7) is -0.0419. The average Bonchev–Trinajstić information content (AvgIpc) is 2.17. The Labute approximate surface area is 87.5 Å². The lowest BCUT2D eigenvalue weighted by atomic mass is 10.3. The largest absolute Gasteiger partial charge is 0.490 e. The molecule has 0 amide bonds. The molecular formula is C7H8F3N3O3. The maximum Gasteiger partial charge on any atom is 0.490 e. The van der Waals surface area contributed by atoms with Crippen LogP contribution >= 0.6 is 0 Å². The number of aromatic nitrogens is 2. The molecule has 0 radical (unpaired) electrons. The van der Waals surface area contributed by atoms with Crippen LogP contribution in [0.1, 0.15) is 5.56 Å². The Morgan fingerprint density at radius 1 is 1.50 bits per heavy atom. The van der Waals surface area contributed by atoms with Crippen LogP contribution < -0.4 is 5.73 Å². The van der Waals surface area contributed by atoms with Crippen LogP contribution in [0.5, 0.6) is 0 Å². The van der Waals surface area contributed by atoms with Gasteiger partial charge in [0.05, 0.1) is 12.8 Å². The number of carboxylic acid groups (broad SMARTS) is 1. The summed E-state index contributed by atoms with van der Waals surface area (Å²) in [6, 6.07) is 1.58. The molecule has 0 aliphatic heterocycles. The summed E-state index contributed by atoms with van der Waals surface area (Å²) in [5, 5.41) is 22.7. The number of hydrogen-bond donors (Lipinski definition) is 3. The number of rotatable bonds is 1. The van der Waals surface area contributed by atoms with E-state index in [0.717, 1.165) is 0 Å². The number of aliphatic hydroxyl groups is 1. The van der Waals surface area contributed by atoms with Crippen LogP contribution in [0.25, 0.3) is 0 Å². The number of anilines is 1. The molecule has 90 valence electrons. The number of alkyl halides is 3. The summed E-state index contributed by atoms with van der Waals surface area (Å²) >= 11 is 0. The van der Waals surface area contributed by atoms with Gasteiger partial charge >= 0.3 is 12.1 Å². The predicted molar refractivity (Wildman–Crippen MR) is 46.1 cm³/mol. The normalized spacial score (nSPS) is 10.2. The van der Waals surface area contributed by atoms with E-state index in [1.807, 2.05) is 0 Å². The zero-order chi connectivity index (χ0) is 12.8. The van der Waals surface area contributed by atoms with Gasteiger partial charge in [0.15, 0.2) is 0 Å². The minimum Gasteiger partial charge on any atom is -0.475 e. The molecule has 1 aromatic heterocycles. The lowest BCUT2D eigenvalue weighted by Gasteiger charge is -1.93. The number of nitrogens with zero attached hydrogens (tertiary/aromatic N) is 2. The van der Waals surface area contributed by atoms with Gasteiger partial charge in [-0.2, -0.15) is 18.3 Å². The van der Waals surface area contributed by atoms with Crippen LogP contribution in [0.15, 0.2) is 12.3 Å². The number of aliphatic hydroxyl groups excluding tert-OH is 1. The van der Waals surface area contributed by atoms with Crippen molar-refractivity contribution >= 4 is 11.8 Å². The van der Waals surface area contributed by atoms with E-state index in [9.17, 15) is 13.2 Å². The van der Waals surface area contributed by atoms with E-state index in [-0.39, 0.29) is 6.61 Å². The highest BCUT2D eigenvalue weighted by Gasteiger charge is 2.38. The van der Waals surface area contributed by atoms with E-state index >= 15 is 0 Å². The maximum absolute atomic E-state index is 10.6. The Kier molecular flexibility index (Phi) is 5.16. The molecule has 0 atom stereocenters. The van der Waals surface area contributed by atoms with Gasteiger partial charge < -0.3 is 15.9 Å². The van der Waals surface area contributed by atoms with Crippen molar-refractivity contribution in [3.05, 3.63) is 17.8 Å². The van der Waals surface area contributed by atoms with E-state index in [0.29, 0.717) is 11.4 Å². The maximum atomic E-state index is 10.6. The Balaban J connectivity index is 0.000000293. The summed E-state index contributed by atoms with van der Waals surface area (Å²) in [4.78, 5) is 8.90. The van der Waals surface area contributed by atoms with Crippen LogP contribution in [0.4, 0.5) is 19.0 Å². The Morgan fingerprint density at radius 2 is 2.00 bits per heavy atom.